The van der Waals surface area contributed by atoms with Gasteiger partial charge >= 0.3 is 0 Å². The zero-order valence-electron chi connectivity index (χ0n) is 14.4. The Morgan fingerprint density at radius 3 is 2.65 bits per heavy atom. The molecule has 1 aliphatic rings. The van der Waals surface area contributed by atoms with Gasteiger partial charge in [0.15, 0.2) is 5.16 Å². The summed E-state index contributed by atoms with van der Waals surface area (Å²) >= 11 is 2.81. The number of benzene rings is 1. The second-order valence-electron chi connectivity index (χ2n) is 6.30. The Morgan fingerprint density at radius 2 is 1.92 bits per heavy atom. The van der Waals surface area contributed by atoms with Crippen molar-refractivity contribution in [3.05, 3.63) is 52.1 Å². The number of hydrogen-bond acceptors (Lipinski definition) is 5. The van der Waals surface area contributed by atoms with Crippen molar-refractivity contribution in [2.24, 2.45) is 0 Å². The van der Waals surface area contributed by atoms with Crippen molar-refractivity contribution in [3.8, 4) is 5.69 Å². The molecule has 5 nitrogen and oxygen atoms in total. The molecule has 3 heterocycles. The zero-order valence-corrected chi connectivity index (χ0v) is 16.1. The number of carbonyl (C=O) groups is 1. The highest BCUT2D eigenvalue weighted by Gasteiger charge is 2.26. The second-order valence-corrected chi connectivity index (χ2v) is 8.50. The van der Waals surface area contributed by atoms with Crippen LogP contribution in [0.4, 0.5) is 0 Å². The summed E-state index contributed by atoms with van der Waals surface area (Å²) in [6, 6.07) is 11.3. The van der Waals surface area contributed by atoms with Gasteiger partial charge in [-0.1, -0.05) is 30.0 Å². The van der Waals surface area contributed by atoms with Crippen LogP contribution in [0.15, 0.2) is 51.7 Å². The van der Waals surface area contributed by atoms with Crippen molar-refractivity contribution in [2.75, 3.05) is 13.1 Å². The summed E-state index contributed by atoms with van der Waals surface area (Å²) in [7, 11) is 0. The van der Waals surface area contributed by atoms with Gasteiger partial charge in [-0.15, -0.1) is 11.3 Å². The number of fused-ring (bicyclic) bond motifs is 1. The number of rotatable bonds is 4. The van der Waals surface area contributed by atoms with E-state index in [0.29, 0.717) is 15.4 Å². The van der Waals surface area contributed by atoms with Crippen LogP contribution in [0.5, 0.6) is 0 Å². The maximum absolute atomic E-state index is 13.0. The lowest BCUT2D eigenvalue weighted by Crippen LogP contribution is -2.34. The Kier molecular flexibility index (Phi) is 4.82. The van der Waals surface area contributed by atoms with E-state index >= 15 is 0 Å². The first kappa shape index (κ1) is 17.3. The van der Waals surface area contributed by atoms with Gasteiger partial charge in [0.2, 0.25) is 5.91 Å². The third-order valence-corrected chi connectivity index (χ3v) is 6.38. The molecule has 1 aliphatic heterocycles. The van der Waals surface area contributed by atoms with E-state index in [4.69, 9.17) is 4.98 Å². The summed E-state index contributed by atoms with van der Waals surface area (Å²) in [4.78, 5) is 33.0. The van der Waals surface area contributed by atoms with E-state index in [1.54, 1.807) is 4.57 Å². The molecule has 1 aromatic carbocycles. The number of likely N-dealkylation sites (tertiary alicyclic amines) is 1. The molecule has 0 radical (unpaired) electrons. The van der Waals surface area contributed by atoms with Crippen LogP contribution in [0.2, 0.25) is 0 Å². The summed E-state index contributed by atoms with van der Waals surface area (Å²) in [5, 5.41) is 2.77. The molecule has 3 aromatic rings. The molecule has 7 heteroatoms. The largest absolute Gasteiger partial charge is 0.342 e. The number of thioether (sulfide) groups is 1. The maximum Gasteiger partial charge on any atom is 0.267 e. The number of nitrogens with zero attached hydrogens (tertiary/aromatic N) is 3. The van der Waals surface area contributed by atoms with Gasteiger partial charge in [-0.25, -0.2) is 4.98 Å². The first-order valence-electron chi connectivity index (χ1n) is 8.66. The van der Waals surface area contributed by atoms with E-state index in [0.717, 1.165) is 31.6 Å². The summed E-state index contributed by atoms with van der Waals surface area (Å²) < 4.78 is 1.62. The fraction of sp³-hybridized carbons (Fsp3) is 0.316. The first-order chi connectivity index (χ1) is 12.6. The Labute approximate surface area is 159 Å². The molecule has 1 saturated heterocycles. The predicted molar refractivity (Wildman–Crippen MR) is 106 cm³/mol. The predicted octanol–water partition coefficient (Wildman–Crippen LogP) is 3.55. The number of thiophene rings is 1. The van der Waals surface area contributed by atoms with Gasteiger partial charge < -0.3 is 4.90 Å². The summed E-state index contributed by atoms with van der Waals surface area (Å²) in [5.74, 6) is 0.118. The van der Waals surface area contributed by atoms with Crippen molar-refractivity contribution in [2.45, 2.75) is 30.2 Å². The molecule has 4 rings (SSSR count). The molecule has 0 N–H and O–H groups in total. The Balaban J connectivity index is 1.76. The van der Waals surface area contributed by atoms with E-state index in [2.05, 4.69) is 0 Å². The van der Waals surface area contributed by atoms with E-state index < -0.39 is 0 Å². The summed E-state index contributed by atoms with van der Waals surface area (Å²) in [6.07, 6.45) is 2.13. The van der Waals surface area contributed by atoms with E-state index in [-0.39, 0.29) is 16.7 Å². The molecule has 1 fully saturated rings. The van der Waals surface area contributed by atoms with Gasteiger partial charge in [0.1, 0.15) is 4.83 Å². The lowest BCUT2D eigenvalue weighted by atomic mass is 10.3. The molecule has 0 aliphatic carbocycles. The summed E-state index contributed by atoms with van der Waals surface area (Å²) in [5.41, 5.74) is 0.673. The van der Waals surface area contributed by atoms with Gasteiger partial charge in [-0.3, -0.25) is 14.2 Å². The lowest BCUT2D eigenvalue weighted by Gasteiger charge is -2.20. The van der Waals surface area contributed by atoms with Gasteiger partial charge in [-0.2, -0.15) is 0 Å². The third-order valence-electron chi connectivity index (χ3n) is 4.53. The van der Waals surface area contributed by atoms with Crippen LogP contribution in [0.3, 0.4) is 0 Å². The van der Waals surface area contributed by atoms with Crippen molar-refractivity contribution in [1.29, 1.82) is 0 Å². The molecule has 1 amide bonds. The standard InChI is InChI=1S/C19H19N3O2S2/c1-13(17(23)21-10-5-6-11-21)26-19-20-16-15(9-12-25-16)18(24)22(19)14-7-3-2-4-8-14/h2-4,7-9,12-13H,5-6,10-11H2,1H3. The van der Waals surface area contributed by atoms with Crippen molar-refractivity contribution in [1.82, 2.24) is 14.5 Å². The number of carbonyl (C=O) groups excluding carboxylic acids is 1. The number of aromatic nitrogens is 2. The molecule has 1 unspecified atom stereocenters. The van der Waals surface area contributed by atoms with Crippen LogP contribution in [0.25, 0.3) is 15.9 Å². The number of hydrogen-bond donors (Lipinski definition) is 0. The quantitative estimate of drug-likeness (QED) is 0.509. The van der Waals surface area contributed by atoms with Crippen LogP contribution in [0.1, 0.15) is 19.8 Å². The van der Waals surface area contributed by atoms with E-state index in [9.17, 15) is 9.59 Å². The Morgan fingerprint density at radius 1 is 1.19 bits per heavy atom. The van der Waals surface area contributed by atoms with Crippen LogP contribution < -0.4 is 5.56 Å². The minimum absolute atomic E-state index is 0.0919. The van der Waals surface area contributed by atoms with Gasteiger partial charge in [0.25, 0.3) is 5.56 Å². The highest BCUT2D eigenvalue weighted by molar-refractivity contribution is 8.00. The average molecular weight is 386 g/mol. The molecule has 2 aromatic heterocycles. The Hall–Kier alpha value is -2.12. The first-order valence-corrected chi connectivity index (χ1v) is 10.4. The van der Waals surface area contributed by atoms with E-state index in [1.807, 2.05) is 53.6 Å². The normalized spacial score (nSPS) is 15.5. The van der Waals surface area contributed by atoms with Crippen LogP contribution in [-0.2, 0) is 4.79 Å². The fourth-order valence-electron chi connectivity index (χ4n) is 3.18. The van der Waals surface area contributed by atoms with Crippen LogP contribution in [-0.4, -0.2) is 38.7 Å². The van der Waals surface area contributed by atoms with Crippen molar-refractivity contribution >= 4 is 39.2 Å². The highest BCUT2D eigenvalue weighted by Crippen LogP contribution is 2.28. The second kappa shape index (κ2) is 7.25. The topological polar surface area (TPSA) is 55.2 Å². The molecule has 0 saturated carbocycles. The maximum atomic E-state index is 13.0. The molecule has 0 spiro atoms. The van der Waals surface area contributed by atoms with E-state index in [1.165, 1.54) is 23.1 Å². The van der Waals surface area contributed by atoms with Gasteiger partial charge in [-0.05, 0) is 43.3 Å². The van der Waals surface area contributed by atoms with Crippen molar-refractivity contribution in [3.63, 3.8) is 0 Å². The smallest absolute Gasteiger partial charge is 0.267 e. The average Bonchev–Trinajstić information content (AvgIpc) is 3.34. The Bertz CT molecular complexity index is 991. The molecule has 26 heavy (non-hydrogen) atoms. The highest BCUT2D eigenvalue weighted by atomic mass is 32.2. The minimum Gasteiger partial charge on any atom is -0.342 e. The molecule has 134 valence electrons. The summed E-state index contributed by atoms with van der Waals surface area (Å²) in [6.45, 7) is 3.55. The van der Waals surface area contributed by atoms with Crippen LogP contribution in [0, 0.1) is 0 Å². The molecule has 0 bridgehead atoms. The molecule has 1 atom stereocenters. The zero-order chi connectivity index (χ0) is 18.1. The van der Waals surface area contributed by atoms with Gasteiger partial charge in [0.05, 0.1) is 16.3 Å². The lowest BCUT2D eigenvalue weighted by molar-refractivity contribution is -0.129. The number of para-hydroxylation sites is 1. The van der Waals surface area contributed by atoms with Crippen molar-refractivity contribution < 1.29 is 4.79 Å². The number of amides is 1. The van der Waals surface area contributed by atoms with Gasteiger partial charge in [0, 0.05) is 13.1 Å². The third kappa shape index (κ3) is 3.17. The molecular weight excluding hydrogens is 366 g/mol. The monoisotopic (exact) mass is 385 g/mol. The molecular formula is C19H19N3O2S2. The fourth-order valence-corrected chi connectivity index (χ4v) is 5.00. The minimum atomic E-state index is -0.285. The SMILES string of the molecule is CC(Sc1nc2sccc2c(=O)n1-c1ccccc1)C(=O)N1CCCC1. The van der Waals surface area contributed by atoms with Crippen LogP contribution >= 0.6 is 23.1 Å².